The van der Waals surface area contributed by atoms with Crippen molar-refractivity contribution in [2.45, 2.75) is 52.1 Å². The number of carbonyl (C=O) groups is 1. The highest BCUT2D eigenvalue weighted by atomic mass is 16.5. The number of esters is 1. The zero-order valence-electron chi connectivity index (χ0n) is 10.8. The van der Waals surface area contributed by atoms with Crippen LogP contribution in [0.5, 0.6) is 0 Å². The lowest BCUT2D eigenvalue weighted by Crippen LogP contribution is -2.17. The van der Waals surface area contributed by atoms with Gasteiger partial charge < -0.3 is 4.74 Å². The lowest BCUT2D eigenvalue weighted by Gasteiger charge is -2.16. The Kier molecular flexibility index (Phi) is 6.38. The van der Waals surface area contributed by atoms with Gasteiger partial charge >= 0.3 is 5.97 Å². The van der Waals surface area contributed by atoms with Gasteiger partial charge in [-0.15, -0.1) is 0 Å². The Morgan fingerprint density at radius 3 is 2.53 bits per heavy atom. The van der Waals surface area contributed by atoms with Gasteiger partial charge in [0.25, 0.3) is 0 Å². The van der Waals surface area contributed by atoms with Gasteiger partial charge in [-0.1, -0.05) is 50.1 Å². The van der Waals surface area contributed by atoms with Gasteiger partial charge in [-0.3, -0.25) is 4.79 Å². The SMILES string of the molecule is CCCCC(CCc1ccccc1)OC(C)=O. The molecule has 0 aliphatic rings. The molecule has 1 rings (SSSR count). The second kappa shape index (κ2) is 7.88. The largest absolute Gasteiger partial charge is 0.463 e. The molecule has 0 aliphatic carbocycles. The minimum Gasteiger partial charge on any atom is -0.463 e. The zero-order chi connectivity index (χ0) is 12.5. The highest BCUT2D eigenvalue weighted by molar-refractivity contribution is 5.66. The average molecular weight is 234 g/mol. The third-order valence-corrected chi connectivity index (χ3v) is 2.81. The van der Waals surface area contributed by atoms with Crippen molar-refractivity contribution < 1.29 is 9.53 Å². The van der Waals surface area contributed by atoms with Crippen LogP contribution in [0.2, 0.25) is 0 Å². The Balaban J connectivity index is 2.40. The standard InChI is InChI=1S/C15H22O2/c1-3-4-10-15(17-13(2)16)12-11-14-8-6-5-7-9-14/h5-9,15H,3-4,10-12H2,1-2H3. The van der Waals surface area contributed by atoms with Crippen LogP contribution < -0.4 is 0 Å². The molecular weight excluding hydrogens is 212 g/mol. The van der Waals surface area contributed by atoms with Gasteiger partial charge in [0.05, 0.1) is 0 Å². The van der Waals surface area contributed by atoms with Crippen LogP contribution in [0, 0.1) is 0 Å². The van der Waals surface area contributed by atoms with Crippen LogP contribution in [0.25, 0.3) is 0 Å². The van der Waals surface area contributed by atoms with E-state index in [1.54, 1.807) is 0 Å². The van der Waals surface area contributed by atoms with Crippen LogP contribution in [-0.4, -0.2) is 12.1 Å². The molecule has 0 saturated carbocycles. The molecule has 0 heterocycles. The quantitative estimate of drug-likeness (QED) is 0.672. The molecule has 0 spiro atoms. The van der Waals surface area contributed by atoms with Gasteiger partial charge in [0, 0.05) is 6.92 Å². The third-order valence-electron chi connectivity index (χ3n) is 2.81. The number of hydrogen-bond donors (Lipinski definition) is 0. The summed E-state index contributed by atoms with van der Waals surface area (Å²) in [5.41, 5.74) is 1.31. The van der Waals surface area contributed by atoms with Gasteiger partial charge in [-0.05, 0) is 24.8 Å². The molecule has 2 heteroatoms. The Labute approximate surface area is 104 Å². The summed E-state index contributed by atoms with van der Waals surface area (Å²) in [6.45, 7) is 3.64. The number of aryl methyl sites for hydroxylation is 1. The van der Waals surface area contributed by atoms with Gasteiger partial charge in [0.15, 0.2) is 0 Å². The Bertz CT molecular complexity index is 319. The van der Waals surface area contributed by atoms with Crippen molar-refractivity contribution in [1.82, 2.24) is 0 Å². The number of carbonyl (C=O) groups excluding carboxylic acids is 1. The van der Waals surface area contributed by atoms with E-state index in [9.17, 15) is 4.79 Å². The first-order valence-electron chi connectivity index (χ1n) is 6.43. The molecule has 94 valence electrons. The second-order valence-electron chi connectivity index (χ2n) is 4.40. The molecule has 1 atom stereocenters. The first-order valence-corrected chi connectivity index (χ1v) is 6.43. The number of benzene rings is 1. The van der Waals surface area contributed by atoms with Crippen molar-refractivity contribution in [2.75, 3.05) is 0 Å². The summed E-state index contributed by atoms with van der Waals surface area (Å²) >= 11 is 0. The highest BCUT2D eigenvalue weighted by Crippen LogP contribution is 2.13. The van der Waals surface area contributed by atoms with Crippen LogP contribution in [0.3, 0.4) is 0 Å². The lowest BCUT2D eigenvalue weighted by molar-refractivity contribution is -0.147. The predicted molar refractivity (Wildman–Crippen MR) is 69.8 cm³/mol. The normalized spacial score (nSPS) is 12.1. The molecule has 1 aromatic rings. The second-order valence-corrected chi connectivity index (χ2v) is 4.40. The summed E-state index contributed by atoms with van der Waals surface area (Å²) in [5.74, 6) is -0.167. The summed E-state index contributed by atoms with van der Waals surface area (Å²) in [6, 6.07) is 10.3. The molecule has 0 aromatic heterocycles. The fourth-order valence-corrected chi connectivity index (χ4v) is 1.90. The summed E-state index contributed by atoms with van der Waals surface area (Å²) in [5, 5.41) is 0. The van der Waals surface area contributed by atoms with E-state index < -0.39 is 0 Å². The topological polar surface area (TPSA) is 26.3 Å². The third kappa shape index (κ3) is 6.10. The molecule has 2 nitrogen and oxygen atoms in total. The van der Waals surface area contributed by atoms with E-state index in [-0.39, 0.29) is 12.1 Å². The predicted octanol–water partition coefficient (Wildman–Crippen LogP) is 3.74. The van der Waals surface area contributed by atoms with E-state index in [0.29, 0.717) is 0 Å². The molecule has 0 N–H and O–H groups in total. The fraction of sp³-hybridized carbons (Fsp3) is 0.533. The number of hydrogen-bond acceptors (Lipinski definition) is 2. The van der Waals surface area contributed by atoms with E-state index in [1.807, 2.05) is 18.2 Å². The van der Waals surface area contributed by atoms with Gasteiger partial charge in [0.2, 0.25) is 0 Å². The summed E-state index contributed by atoms with van der Waals surface area (Å²) in [7, 11) is 0. The van der Waals surface area contributed by atoms with Crippen molar-refractivity contribution in [3.05, 3.63) is 35.9 Å². The smallest absolute Gasteiger partial charge is 0.302 e. The maximum absolute atomic E-state index is 11.0. The fourth-order valence-electron chi connectivity index (χ4n) is 1.90. The van der Waals surface area contributed by atoms with Gasteiger partial charge in [0.1, 0.15) is 6.10 Å². The maximum atomic E-state index is 11.0. The first-order chi connectivity index (χ1) is 8.22. The van der Waals surface area contributed by atoms with Crippen molar-refractivity contribution in [1.29, 1.82) is 0 Å². The zero-order valence-corrected chi connectivity index (χ0v) is 10.8. The molecule has 0 radical (unpaired) electrons. The van der Waals surface area contributed by atoms with Crippen molar-refractivity contribution >= 4 is 5.97 Å². The van der Waals surface area contributed by atoms with Crippen LogP contribution in [0.4, 0.5) is 0 Å². The van der Waals surface area contributed by atoms with Crippen LogP contribution in [0.1, 0.15) is 45.1 Å². The van der Waals surface area contributed by atoms with Gasteiger partial charge in [-0.25, -0.2) is 0 Å². The minimum atomic E-state index is -0.167. The molecule has 0 aliphatic heterocycles. The van der Waals surface area contributed by atoms with Crippen molar-refractivity contribution in [2.24, 2.45) is 0 Å². The van der Waals surface area contributed by atoms with E-state index >= 15 is 0 Å². The van der Waals surface area contributed by atoms with Crippen LogP contribution >= 0.6 is 0 Å². The number of ether oxygens (including phenoxy) is 1. The van der Waals surface area contributed by atoms with Crippen LogP contribution in [0.15, 0.2) is 30.3 Å². The summed E-state index contributed by atoms with van der Waals surface area (Å²) < 4.78 is 5.34. The Morgan fingerprint density at radius 1 is 1.24 bits per heavy atom. The van der Waals surface area contributed by atoms with Crippen molar-refractivity contribution in [3.8, 4) is 0 Å². The lowest BCUT2D eigenvalue weighted by atomic mass is 10.0. The van der Waals surface area contributed by atoms with E-state index in [4.69, 9.17) is 4.74 Å². The highest BCUT2D eigenvalue weighted by Gasteiger charge is 2.11. The number of rotatable bonds is 7. The van der Waals surface area contributed by atoms with E-state index in [1.165, 1.54) is 12.5 Å². The Hall–Kier alpha value is -1.31. The first kappa shape index (κ1) is 13.8. The molecular formula is C15H22O2. The van der Waals surface area contributed by atoms with Crippen LogP contribution in [-0.2, 0) is 16.0 Å². The molecule has 0 amide bonds. The monoisotopic (exact) mass is 234 g/mol. The van der Waals surface area contributed by atoms with Gasteiger partial charge in [-0.2, -0.15) is 0 Å². The van der Waals surface area contributed by atoms with E-state index in [0.717, 1.165) is 32.1 Å². The van der Waals surface area contributed by atoms with Crippen molar-refractivity contribution in [3.63, 3.8) is 0 Å². The van der Waals surface area contributed by atoms with E-state index in [2.05, 4.69) is 19.1 Å². The minimum absolute atomic E-state index is 0.0765. The molecule has 0 bridgehead atoms. The Morgan fingerprint density at radius 2 is 1.94 bits per heavy atom. The molecule has 1 aromatic carbocycles. The maximum Gasteiger partial charge on any atom is 0.302 e. The summed E-state index contributed by atoms with van der Waals surface area (Å²) in [4.78, 5) is 11.0. The molecule has 1 unspecified atom stereocenters. The summed E-state index contributed by atoms with van der Waals surface area (Å²) in [6.07, 6.45) is 5.21. The molecule has 0 fully saturated rings. The average Bonchev–Trinajstić information content (AvgIpc) is 2.33. The molecule has 0 saturated heterocycles. The number of unbranched alkanes of at least 4 members (excludes halogenated alkanes) is 1. The molecule has 17 heavy (non-hydrogen) atoms.